The first-order valence-corrected chi connectivity index (χ1v) is 12.9. The lowest BCUT2D eigenvalue weighted by Crippen LogP contribution is -2.20. The van der Waals surface area contributed by atoms with Crippen molar-refractivity contribution in [1.29, 1.82) is 0 Å². The predicted molar refractivity (Wildman–Crippen MR) is 152 cm³/mol. The Morgan fingerprint density at radius 3 is 2.63 bits per heavy atom. The average Bonchev–Trinajstić information content (AvgIpc) is 2.87. The number of aryl methyl sites for hydroxylation is 1. The van der Waals surface area contributed by atoms with Gasteiger partial charge in [0, 0.05) is 5.56 Å². The molecular formula is C28H25BrClN3O5. The summed E-state index contributed by atoms with van der Waals surface area (Å²) in [6, 6.07) is 14.3. The first-order chi connectivity index (χ1) is 18.1. The smallest absolute Gasteiger partial charge is 0.341 e. The number of aliphatic carboxylic acids is 1. The lowest BCUT2D eigenvalue weighted by molar-refractivity contribution is -0.139. The average molecular weight is 599 g/mol. The Morgan fingerprint density at radius 2 is 1.97 bits per heavy atom. The minimum Gasteiger partial charge on any atom is -0.496 e. The highest BCUT2D eigenvalue weighted by atomic mass is 79.9. The molecule has 0 amide bonds. The zero-order chi connectivity index (χ0) is 27.6. The summed E-state index contributed by atoms with van der Waals surface area (Å²) in [7, 11) is 1.63. The van der Waals surface area contributed by atoms with Gasteiger partial charge in [-0.05, 0) is 81.9 Å². The van der Waals surface area contributed by atoms with Crippen LogP contribution in [0.15, 0.2) is 62.9 Å². The molecule has 0 aliphatic heterocycles. The van der Waals surface area contributed by atoms with E-state index in [2.05, 4.69) is 34.9 Å². The Morgan fingerprint density at radius 1 is 1.24 bits per heavy atom. The van der Waals surface area contributed by atoms with Crippen molar-refractivity contribution in [2.75, 3.05) is 13.7 Å². The summed E-state index contributed by atoms with van der Waals surface area (Å²) in [6.45, 7) is 5.54. The molecule has 196 valence electrons. The van der Waals surface area contributed by atoms with E-state index in [1.165, 1.54) is 10.9 Å². The van der Waals surface area contributed by atoms with Crippen LogP contribution in [0.2, 0.25) is 5.02 Å². The quantitative estimate of drug-likeness (QED) is 0.240. The van der Waals surface area contributed by atoms with Crippen LogP contribution >= 0.6 is 27.5 Å². The molecule has 4 aromatic rings. The summed E-state index contributed by atoms with van der Waals surface area (Å²) in [5.74, 6) is 0.410. The molecule has 0 fully saturated rings. The highest BCUT2D eigenvalue weighted by Crippen LogP contribution is 2.35. The number of carboxylic acids is 1. The van der Waals surface area contributed by atoms with Crippen molar-refractivity contribution in [3.8, 4) is 22.9 Å². The van der Waals surface area contributed by atoms with Gasteiger partial charge in [0.1, 0.15) is 5.75 Å². The van der Waals surface area contributed by atoms with E-state index < -0.39 is 12.6 Å². The third-order valence-electron chi connectivity index (χ3n) is 5.88. The van der Waals surface area contributed by atoms with Crippen LogP contribution in [0.4, 0.5) is 0 Å². The molecule has 3 aromatic carbocycles. The first kappa shape index (κ1) is 27.3. The number of fused-ring (bicyclic) bond motifs is 1. The van der Waals surface area contributed by atoms with Gasteiger partial charge in [-0.15, -0.1) is 0 Å². The summed E-state index contributed by atoms with van der Waals surface area (Å²) < 4.78 is 12.6. The molecule has 8 nitrogen and oxygen atoms in total. The fourth-order valence-electron chi connectivity index (χ4n) is 4.02. The van der Waals surface area contributed by atoms with Crippen molar-refractivity contribution in [3.63, 3.8) is 0 Å². The van der Waals surface area contributed by atoms with Gasteiger partial charge in [0.25, 0.3) is 5.56 Å². The molecule has 38 heavy (non-hydrogen) atoms. The van der Waals surface area contributed by atoms with Gasteiger partial charge in [-0.3, -0.25) is 4.79 Å². The van der Waals surface area contributed by atoms with E-state index in [9.17, 15) is 9.59 Å². The Kier molecular flexibility index (Phi) is 8.18. The van der Waals surface area contributed by atoms with Gasteiger partial charge in [0.05, 0.1) is 33.7 Å². The number of methoxy groups -OCH3 is 1. The second-order valence-electron chi connectivity index (χ2n) is 8.87. The number of nitrogens with zero attached hydrogens (tertiary/aromatic N) is 3. The molecule has 0 aliphatic rings. The van der Waals surface area contributed by atoms with Crippen LogP contribution in [0.1, 0.15) is 36.5 Å². The number of carbonyl (C=O) groups is 1. The van der Waals surface area contributed by atoms with E-state index in [4.69, 9.17) is 31.2 Å². The molecule has 4 rings (SSSR count). The van der Waals surface area contributed by atoms with Crippen LogP contribution in [0, 0.1) is 6.92 Å². The lowest BCUT2D eigenvalue weighted by atomic mass is 9.96. The highest BCUT2D eigenvalue weighted by Gasteiger charge is 2.18. The number of rotatable bonds is 8. The molecule has 1 aromatic heterocycles. The number of para-hydroxylation sites is 1. The third-order valence-corrected chi connectivity index (χ3v) is 6.75. The molecular weight excluding hydrogens is 574 g/mol. The van der Waals surface area contributed by atoms with E-state index in [-0.39, 0.29) is 22.2 Å². The molecule has 0 saturated heterocycles. The summed E-state index contributed by atoms with van der Waals surface area (Å²) in [4.78, 5) is 29.3. The Hall–Kier alpha value is -3.69. The fourth-order valence-corrected chi connectivity index (χ4v) is 5.01. The molecule has 10 heteroatoms. The SMILES string of the molecule is COc1cc(C)c(-c2nc3ccccc3c(=O)n2N=Cc2cc(Cl)c(OCC(=O)O)c(Br)c2)cc1C(C)C. The Labute approximate surface area is 232 Å². The number of halogens is 2. The minimum atomic E-state index is -1.12. The highest BCUT2D eigenvalue weighted by molar-refractivity contribution is 9.10. The lowest BCUT2D eigenvalue weighted by Gasteiger charge is -2.17. The van der Waals surface area contributed by atoms with Crippen LogP contribution in [-0.2, 0) is 4.79 Å². The second-order valence-corrected chi connectivity index (χ2v) is 10.1. The number of aromatic nitrogens is 2. The van der Waals surface area contributed by atoms with Crippen LogP contribution in [-0.4, -0.2) is 40.7 Å². The maximum absolute atomic E-state index is 13.6. The number of carboxylic acid groups (broad SMARTS) is 1. The number of hydrogen-bond donors (Lipinski definition) is 1. The molecule has 0 aliphatic carbocycles. The molecule has 0 unspecified atom stereocenters. The van der Waals surface area contributed by atoms with Gasteiger partial charge in [-0.25, -0.2) is 9.78 Å². The van der Waals surface area contributed by atoms with E-state index in [1.54, 1.807) is 37.4 Å². The van der Waals surface area contributed by atoms with Crippen LogP contribution in [0.3, 0.4) is 0 Å². The first-order valence-electron chi connectivity index (χ1n) is 11.7. The summed E-state index contributed by atoms with van der Waals surface area (Å²) in [5.41, 5.74) is 3.42. The Balaban J connectivity index is 1.89. The second kappa shape index (κ2) is 11.4. The summed E-state index contributed by atoms with van der Waals surface area (Å²) >= 11 is 9.69. The molecule has 0 saturated carbocycles. The molecule has 0 bridgehead atoms. The monoisotopic (exact) mass is 597 g/mol. The van der Waals surface area contributed by atoms with Gasteiger partial charge >= 0.3 is 5.97 Å². The van der Waals surface area contributed by atoms with Crippen molar-refractivity contribution < 1.29 is 19.4 Å². The molecule has 1 N–H and O–H groups in total. The van der Waals surface area contributed by atoms with Crippen LogP contribution in [0.5, 0.6) is 11.5 Å². The van der Waals surface area contributed by atoms with Crippen molar-refractivity contribution >= 4 is 50.6 Å². The molecule has 0 spiro atoms. The van der Waals surface area contributed by atoms with Gasteiger partial charge in [-0.2, -0.15) is 9.78 Å². The van der Waals surface area contributed by atoms with Crippen LogP contribution < -0.4 is 15.0 Å². The van der Waals surface area contributed by atoms with E-state index in [0.717, 1.165) is 22.4 Å². The zero-order valence-electron chi connectivity index (χ0n) is 21.2. The maximum atomic E-state index is 13.6. The van der Waals surface area contributed by atoms with E-state index >= 15 is 0 Å². The number of hydrogen-bond acceptors (Lipinski definition) is 6. The number of ether oxygens (including phenoxy) is 2. The van der Waals surface area contributed by atoms with Gasteiger partial charge in [0.2, 0.25) is 0 Å². The molecule has 0 atom stereocenters. The topological polar surface area (TPSA) is 103 Å². The molecule has 1 heterocycles. The fraction of sp³-hybridized carbons (Fsp3) is 0.214. The van der Waals surface area contributed by atoms with Crippen molar-refractivity contribution in [3.05, 3.63) is 85.1 Å². The normalized spacial score (nSPS) is 11.4. The minimum absolute atomic E-state index is 0.176. The standard InChI is InChI=1S/C28H25BrClN3O5/c1-15(2)19-12-20(16(3)9-24(19)37-4)27-32-23-8-6-5-7-18(23)28(36)33(27)31-13-17-10-21(29)26(22(30)11-17)38-14-25(34)35/h5-13,15H,14H2,1-4H3,(H,34,35). The largest absolute Gasteiger partial charge is 0.496 e. The van der Waals surface area contributed by atoms with Gasteiger partial charge < -0.3 is 14.6 Å². The predicted octanol–water partition coefficient (Wildman–Crippen LogP) is 6.27. The van der Waals surface area contributed by atoms with Crippen molar-refractivity contribution in [2.24, 2.45) is 5.10 Å². The van der Waals surface area contributed by atoms with Crippen molar-refractivity contribution in [2.45, 2.75) is 26.7 Å². The number of benzene rings is 3. The maximum Gasteiger partial charge on any atom is 0.341 e. The van der Waals surface area contributed by atoms with Crippen molar-refractivity contribution in [1.82, 2.24) is 9.66 Å². The Bertz CT molecular complexity index is 1610. The zero-order valence-corrected chi connectivity index (χ0v) is 23.5. The molecule has 0 radical (unpaired) electrons. The summed E-state index contributed by atoms with van der Waals surface area (Å²) in [5, 5.41) is 14.0. The third kappa shape index (κ3) is 5.58. The summed E-state index contributed by atoms with van der Waals surface area (Å²) in [6.07, 6.45) is 1.49. The van der Waals surface area contributed by atoms with Crippen LogP contribution in [0.25, 0.3) is 22.3 Å². The van der Waals surface area contributed by atoms with Gasteiger partial charge in [-0.1, -0.05) is 37.6 Å². The van der Waals surface area contributed by atoms with E-state index in [0.29, 0.717) is 26.8 Å². The van der Waals surface area contributed by atoms with Gasteiger partial charge in [0.15, 0.2) is 18.2 Å². The van der Waals surface area contributed by atoms with E-state index in [1.807, 2.05) is 25.1 Å².